The quantitative estimate of drug-likeness (QED) is 0.217. The molecule has 1 saturated heterocycles. The minimum atomic E-state index is -0.940. The molecule has 4 aliphatic rings. The number of piperazine rings is 1. The largest absolute Gasteiger partial charge is 0.493 e. The molecule has 0 aliphatic carbocycles. The minimum absolute atomic E-state index is 0.00636. The Morgan fingerprint density at radius 1 is 1.06 bits per heavy atom. The third-order valence-electron chi connectivity index (χ3n) is 10.4. The zero-order valence-corrected chi connectivity index (χ0v) is 32.0. The normalized spacial score (nSPS) is 23.4. The highest BCUT2D eigenvalue weighted by Gasteiger charge is 2.57. The second-order valence-electron chi connectivity index (χ2n) is 15.0. The third kappa shape index (κ3) is 6.79. The van der Waals surface area contributed by atoms with Crippen LogP contribution in [0.1, 0.15) is 80.1 Å². The van der Waals surface area contributed by atoms with Crippen LogP contribution in [0, 0.1) is 25.2 Å². The van der Waals surface area contributed by atoms with E-state index in [4.69, 9.17) is 33.2 Å². The maximum atomic E-state index is 13.6. The van der Waals surface area contributed by atoms with Crippen LogP contribution in [-0.2, 0) is 31.9 Å². The summed E-state index contributed by atoms with van der Waals surface area (Å²) in [5.41, 5.74) is 4.12. The zero-order chi connectivity index (χ0) is 38.5. The molecule has 15 heteroatoms. The van der Waals surface area contributed by atoms with Gasteiger partial charge in [0.05, 0.1) is 25.3 Å². The summed E-state index contributed by atoms with van der Waals surface area (Å²) >= 11 is 0. The molecule has 0 spiro atoms. The van der Waals surface area contributed by atoms with Crippen molar-refractivity contribution >= 4 is 18.0 Å². The smallest absolute Gasteiger partial charge is 0.408 e. The van der Waals surface area contributed by atoms with Gasteiger partial charge in [-0.3, -0.25) is 19.4 Å². The second-order valence-corrected chi connectivity index (χ2v) is 15.0. The first-order valence-electron chi connectivity index (χ1n) is 17.7. The van der Waals surface area contributed by atoms with E-state index in [1.165, 1.54) is 6.92 Å². The summed E-state index contributed by atoms with van der Waals surface area (Å²) in [5, 5.41) is 16.6. The molecule has 0 saturated carbocycles. The molecule has 15 nitrogen and oxygen atoms in total. The Bertz CT molecular complexity index is 1850. The van der Waals surface area contributed by atoms with Gasteiger partial charge in [0.2, 0.25) is 12.7 Å². The van der Waals surface area contributed by atoms with Crippen molar-refractivity contribution in [2.75, 3.05) is 41.4 Å². The molecule has 286 valence electrons. The molecule has 2 amide bonds. The SMILES string of the molecule is COCOc1c(OC)c(C)cc2c1[C@@H]1C3Cc4c(OC(C)=O)c(C)c5c(c4[C@H](CNC(=O)[C@H](C)NC(=O)OC(C)(C)C)N3[C@@H](C#N)[C@H](C2)N1C)OCO5. The Labute approximate surface area is 309 Å². The van der Waals surface area contributed by atoms with Crippen molar-refractivity contribution in [3.8, 4) is 34.8 Å². The van der Waals surface area contributed by atoms with Crippen molar-refractivity contribution in [2.45, 2.75) is 103 Å². The van der Waals surface area contributed by atoms with Gasteiger partial charge in [0.25, 0.3) is 0 Å². The van der Waals surface area contributed by atoms with Gasteiger partial charge in [-0.1, -0.05) is 6.07 Å². The molecule has 1 unspecified atom stereocenters. The van der Waals surface area contributed by atoms with Gasteiger partial charge >= 0.3 is 12.1 Å². The summed E-state index contributed by atoms with van der Waals surface area (Å²) < 4.78 is 40.9. The number of carbonyl (C=O) groups is 3. The summed E-state index contributed by atoms with van der Waals surface area (Å²) in [6, 6.07) is 1.53. The lowest BCUT2D eigenvalue weighted by atomic mass is 9.71. The maximum Gasteiger partial charge on any atom is 0.408 e. The average molecular weight is 736 g/mol. The fourth-order valence-corrected chi connectivity index (χ4v) is 8.45. The number of alkyl carbamates (subject to hydrolysis) is 1. The van der Waals surface area contributed by atoms with Gasteiger partial charge in [0.15, 0.2) is 29.8 Å². The number of amides is 2. The summed E-state index contributed by atoms with van der Waals surface area (Å²) in [4.78, 5) is 43.2. The van der Waals surface area contributed by atoms with Crippen molar-refractivity contribution < 1.29 is 47.5 Å². The second kappa shape index (κ2) is 14.6. The molecule has 6 rings (SSSR count). The van der Waals surface area contributed by atoms with E-state index in [-0.39, 0.29) is 32.2 Å². The number of ether oxygens (including phenoxy) is 7. The number of carbonyl (C=O) groups excluding carboxylic acids is 3. The van der Waals surface area contributed by atoms with Crippen molar-refractivity contribution in [1.82, 2.24) is 20.4 Å². The lowest BCUT2D eigenvalue weighted by Crippen LogP contribution is -2.69. The molecule has 2 bridgehead atoms. The monoisotopic (exact) mass is 735 g/mol. The summed E-state index contributed by atoms with van der Waals surface area (Å²) in [7, 11) is 5.18. The van der Waals surface area contributed by atoms with Crippen LogP contribution < -0.4 is 34.3 Å². The predicted octanol–water partition coefficient (Wildman–Crippen LogP) is 3.75. The standard InChI is InChI=1S/C38H49N5O10/c1-18-11-22-12-24-26(14-39)43-25(30(42(24)8)28(22)34(31(18)48-10)49-16-47-9)13-23-29(35-33(50-17-51-35)19(2)32(23)52-21(4)44)27(43)15-40-36(45)20(3)41-37(46)53-38(5,6)7/h11,20,24-27,30H,12-13,15-17H2,1-10H3,(H,40,45)(H,41,46)/t20-,24-,25?,26-,27-,30-/m0/s1. The topological polar surface area (TPSA) is 170 Å². The Morgan fingerprint density at radius 3 is 2.42 bits per heavy atom. The van der Waals surface area contributed by atoms with Gasteiger partial charge < -0.3 is 43.8 Å². The number of nitriles is 1. The molecule has 53 heavy (non-hydrogen) atoms. The summed E-state index contributed by atoms with van der Waals surface area (Å²) in [6.45, 7) is 11.9. The Hall–Kier alpha value is -4.78. The number of nitrogens with zero attached hydrogens (tertiary/aromatic N) is 3. The minimum Gasteiger partial charge on any atom is -0.493 e. The van der Waals surface area contributed by atoms with E-state index < -0.39 is 47.7 Å². The first kappa shape index (κ1) is 38.0. The third-order valence-corrected chi connectivity index (χ3v) is 10.4. The van der Waals surface area contributed by atoms with Gasteiger partial charge in [-0.15, -0.1) is 0 Å². The number of nitrogens with one attached hydrogen (secondary N) is 2. The number of esters is 1. The van der Waals surface area contributed by atoms with E-state index in [0.717, 1.165) is 22.3 Å². The molecule has 0 radical (unpaired) electrons. The van der Waals surface area contributed by atoms with Crippen molar-refractivity contribution in [3.05, 3.63) is 39.4 Å². The lowest BCUT2D eigenvalue weighted by molar-refractivity contribution is -0.132. The zero-order valence-electron chi connectivity index (χ0n) is 32.0. The van der Waals surface area contributed by atoms with Gasteiger partial charge in [0.1, 0.15) is 23.4 Å². The van der Waals surface area contributed by atoms with E-state index in [1.807, 2.05) is 20.9 Å². The number of hydrogen-bond donors (Lipinski definition) is 2. The van der Waals surface area contributed by atoms with Crippen LogP contribution in [0.2, 0.25) is 0 Å². The first-order chi connectivity index (χ1) is 25.1. The van der Waals surface area contributed by atoms with Crippen LogP contribution in [0.5, 0.6) is 28.7 Å². The Kier molecular flexibility index (Phi) is 10.4. The fraction of sp³-hybridized carbons (Fsp3) is 0.579. The van der Waals surface area contributed by atoms with Gasteiger partial charge in [-0.05, 0) is 72.6 Å². The molecule has 2 aromatic rings. The number of methoxy groups -OCH3 is 2. The number of rotatable bonds is 9. The first-order valence-corrected chi connectivity index (χ1v) is 17.7. The van der Waals surface area contributed by atoms with Crippen molar-refractivity contribution in [3.63, 3.8) is 0 Å². The summed E-state index contributed by atoms with van der Waals surface area (Å²) in [5.74, 6) is 1.48. The fourth-order valence-electron chi connectivity index (χ4n) is 8.45. The van der Waals surface area contributed by atoms with E-state index in [1.54, 1.807) is 41.9 Å². The van der Waals surface area contributed by atoms with Crippen LogP contribution in [0.25, 0.3) is 0 Å². The van der Waals surface area contributed by atoms with Gasteiger partial charge in [-0.25, -0.2) is 4.79 Å². The van der Waals surface area contributed by atoms with Crippen molar-refractivity contribution in [1.29, 1.82) is 5.26 Å². The highest BCUT2D eigenvalue weighted by atomic mass is 16.7. The number of hydrogen-bond acceptors (Lipinski definition) is 13. The van der Waals surface area contributed by atoms with Crippen LogP contribution in [0.4, 0.5) is 4.79 Å². The molecular formula is C38H49N5O10. The van der Waals surface area contributed by atoms with Crippen molar-refractivity contribution in [2.24, 2.45) is 0 Å². The number of benzene rings is 2. The molecular weight excluding hydrogens is 686 g/mol. The summed E-state index contributed by atoms with van der Waals surface area (Å²) in [6.07, 6.45) is 0.182. The van der Waals surface area contributed by atoms with Gasteiger partial charge in [-0.2, -0.15) is 5.26 Å². The predicted molar refractivity (Wildman–Crippen MR) is 190 cm³/mol. The lowest BCUT2D eigenvalue weighted by Gasteiger charge is -2.60. The van der Waals surface area contributed by atoms with Crippen LogP contribution in [-0.4, -0.2) is 98.9 Å². The average Bonchev–Trinajstić information content (AvgIpc) is 3.57. The molecule has 0 aromatic heterocycles. The number of likely N-dealkylation sites (N-methyl/N-ethyl adjacent to an activating group) is 1. The highest BCUT2D eigenvalue weighted by molar-refractivity contribution is 5.85. The molecule has 2 N–H and O–H groups in total. The van der Waals surface area contributed by atoms with Crippen LogP contribution in [0.15, 0.2) is 6.07 Å². The van der Waals surface area contributed by atoms with Crippen LogP contribution in [0.3, 0.4) is 0 Å². The number of aryl methyl sites for hydroxylation is 1. The molecule has 4 heterocycles. The van der Waals surface area contributed by atoms with E-state index in [2.05, 4.69) is 32.6 Å². The van der Waals surface area contributed by atoms with Gasteiger partial charge in [0, 0.05) is 54.9 Å². The van der Waals surface area contributed by atoms with Crippen LogP contribution >= 0.6 is 0 Å². The molecule has 2 aromatic carbocycles. The highest BCUT2D eigenvalue weighted by Crippen LogP contribution is 2.58. The van der Waals surface area contributed by atoms with E-state index in [0.29, 0.717) is 52.7 Å². The maximum absolute atomic E-state index is 13.6. The Balaban J connectivity index is 1.51. The van der Waals surface area contributed by atoms with E-state index in [9.17, 15) is 19.6 Å². The molecule has 1 fully saturated rings. The molecule has 6 atom stereocenters. The number of fused-ring (bicyclic) bond motifs is 9. The van der Waals surface area contributed by atoms with E-state index >= 15 is 0 Å². The Morgan fingerprint density at radius 2 is 1.77 bits per heavy atom. The molecule has 4 aliphatic heterocycles.